The molecule has 3 atom stereocenters. The Hall–Kier alpha value is -0.0800. The summed E-state index contributed by atoms with van der Waals surface area (Å²) >= 11 is 0. The van der Waals surface area contributed by atoms with Crippen molar-refractivity contribution in [2.24, 2.45) is 28.4 Å². The minimum Gasteiger partial charge on any atom is -0.330 e. The third-order valence-corrected chi connectivity index (χ3v) is 5.90. The van der Waals surface area contributed by atoms with E-state index in [1.807, 2.05) is 0 Å². The molecule has 4 bridgehead atoms. The normalized spacial score (nSPS) is 47.5. The van der Waals surface area contributed by atoms with Gasteiger partial charge in [0.1, 0.15) is 0 Å². The molecule has 3 N–H and O–H groups in total. The lowest BCUT2D eigenvalue weighted by molar-refractivity contribution is -0.101. The van der Waals surface area contributed by atoms with E-state index in [0.29, 0.717) is 16.9 Å². The molecular formula is C16H30N2. The van der Waals surface area contributed by atoms with Crippen LogP contribution in [-0.2, 0) is 0 Å². The summed E-state index contributed by atoms with van der Waals surface area (Å²) < 4.78 is 0. The zero-order valence-corrected chi connectivity index (χ0v) is 12.2. The average molecular weight is 250 g/mol. The molecule has 0 radical (unpaired) electrons. The Morgan fingerprint density at radius 2 is 1.89 bits per heavy atom. The van der Waals surface area contributed by atoms with Gasteiger partial charge in [0.25, 0.3) is 0 Å². The lowest BCUT2D eigenvalue weighted by Gasteiger charge is -2.61. The first-order valence-corrected chi connectivity index (χ1v) is 7.96. The lowest BCUT2D eigenvalue weighted by atomic mass is 9.44. The highest BCUT2D eigenvalue weighted by atomic mass is 14.9. The van der Waals surface area contributed by atoms with Crippen molar-refractivity contribution in [1.82, 2.24) is 5.32 Å². The minimum atomic E-state index is 0.593. The molecule has 0 saturated heterocycles. The molecule has 0 heterocycles. The van der Waals surface area contributed by atoms with E-state index in [1.165, 1.54) is 45.1 Å². The van der Waals surface area contributed by atoms with Crippen molar-refractivity contribution >= 4 is 0 Å². The fourth-order valence-corrected chi connectivity index (χ4v) is 5.88. The van der Waals surface area contributed by atoms with Crippen molar-refractivity contribution < 1.29 is 0 Å². The maximum atomic E-state index is 5.65. The van der Waals surface area contributed by atoms with Crippen LogP contribution in [-0.4, -0.2) is 19.1 Å². The minimum absolute atomic E-state index is 0.593. The Bertz CT molecular complexity index is 298. The lowest BCUT2D eigenvalue weighted by Crippen LogP contribution is -2.55. The van der Waals surface area contributed by atoms with Gasteiger partial charge in [0.2, 0.25) is 0 Å². The van der Waals surface area contributed by atoms with Gasteiger partial charge in [-0.15, -0.1) is 0 Å². The van der Waals surface area contributed by atoms with Crippen LogP contribution in [0.2, 0.25) is 0 Å². The van der Waals surface area contributed by atoms with Crippen molar-refractivity contribution in [2.45, 2.75) is 64.8 Å². The molecule has 0 spiro atoms. The molecule has 4 aliphatic rings. The van der Waals surface area contributed by atoms with E-state index >= 15 is 0 Å². The number of hydrogen-bond donors (Lipinski definition) is 2. The predicted octanol–water partition coefficient (Wildman–Crippen LogP) is 2.92. The number of nitrogens with one attached hydrogen (secondary N) is 1. The fourth-order valence-electron chi connectivity index (χ4n) is 5.88. The number of rotatable bonds is 5. The van der Waals surface area contributed by atoms with Gasteiger partial charge >= 0.3 is 0 Å². The van der Waals surface area contributed by atoms with Gasteiger partial charge in [-0.2, -0.15) is 0 Å². The summed E-state index contributed by atoms with van der Waals surface area (Å²) in [6.45, 7) is 6.90. The monoisotopic (exact) mass is 250 g/mol. The maximum Gasteiger partial charge on any atom is 0.00509 e. The van der Waals surface area contributed by atoms with Gasteiger partial charge in [0, 0.05) is 12.6 Å². The SMILES string of the molecule is CC(CCN)NCC12CC3CC(CC(C)(C3)C1)C2. The van der Waals surface area contributed by atoms with E-state index in [-0.39, 0.29) is 0 Å². The van der Waals surface area contributed by atoms with Crippen molar-refractivity contribution in [1.29, 1.82) is 0 Å². The van der Waals surface area contributed by atoms with Crippen LogP contribution in [0.3, 0.4) is 0 Å². The summed E-state index contributed by atoms with van der Waals surface area (Å²) in [5.41, 5.74) is 6.97. The second-order valence-corrected chi connectivity index (χ2v) is 8.13. The Labute approximate surface area is 112 Å². The quantitative estimate of drug-likeness (QED) is 0.787. The van der Waals surface area contributed by atoms with Gasteiger partial charge in [-0.25, -0.2) is 0 Å². The molecule has 2 nitrogen and oxygen atoms in total. The van der Waals surface area contributed by atoms with Gasteiger partial charge in [0.15, 0.2) is 0 Å². The second-order valence-electron chi connectivity index (χ2n) is 8.13. The molecule has 104 valence electrons. The second kappa shape index (κ2) is 4.49. The van der Waals surface area contributed by atoms with Crippen LogP contribution in [0.4, 0.5) is 0 Å². The summed E-state index contributed by atoms with van der Waals surface area (Å²) in [6, 6.07) is 0.593. The molecule has 0 aromatic heterocycles. The summed E-state index contributed by atoms with van der Waals surface area (Å²) in [6.07, 6.45) is 10.2. The molecule has 4 saturated carbocycles. The van der Waals surface area contributed by atoms with Crippen molar-refractivity contribution in [2.75, 3.05) is 13.1 Å². The molecule has 0 aromatic carbocycles. The molecule has 0 aromatic rings. The number of nitrogens with two attached hydrogens (primary N) is 1. The standard InChI is InChI=1S/C16H30N2/c1-12(3-4-17)18-11-16-8-13-5-14(9-16)7-15(2,6-13)10-16/h12-14,18H,3-11,17H2,1-2H3. The van der Waals surface area contributed by atoms with E-state index in [1.54, 1.807) is 0 Å². The van der Waals surface area contributed by atoms with Crippen molar-refractivity contribution in [3.05, 3.63) is 0 Å². The van der Waals surface area contributed by atoms with Crippen molar-refractivity contribution in [3.8, 4) is 0 Å². The zero-order valence-electron chi connectivity index (χ0n) is 12.2. The topological polar surface area (TPSA) is 38.0 Å². The van der Waals surface area contributed by atoms with Gasteiger partial charge in [0.05, 0.1) is 0 Å². The fraction of sp³-hybridized carbons (Fsp3) is 1.00. The molecule has 2 heteroatoms. The molecule has 4 rings (SSSR count). The Kier molecular flexibility index (Phi) is 3.22. The molecule has 4 fully saturated rings. The summed E-state index contributed by atoms with van der Waals surface area (Å²) in [5.74, 6) is 2.09. The molecule has 0 aliphatic heterocycles. The molecule has 0 amide bonds. The first kappa shape index (κ1) is 12.9. The van der Waals surface area contributed by atoms with Crippen LogP contribution in [0.1, 0.15) is 58.8 Å². The Morgan fingerprint density at radius 3 is 2.44 bits per heavy atom. The first-order valence-electron chi connectivity index (χ1n) is 7.96. The van der Waals surface area contributed by atoms with Crippen LogP contribution in [0, 0.1) is 22.7 Å². The highest BCUT2D eigenvalue weighted by Gasteiger charge is 2.55. The van der Waals surface area contributed by atoms with Crippen LogP contribution in [0.15, 0.2) is 0 Å². The van der Waals surface area contributed by atoms with Crippen LogP contribution >= 0.6 is 0 Å². The van der Waals surface area contributed by atoms with Crippen molar-refractivity contribution in [3.63, 3.8) is 0 Å². The van der Waals surface area contributed by atoms with Crippen LogP contribution < -0.4 is 11.1 Å². The highest BCUT2D eigenvalue weighted by molar-refractivity contribution is 5.06. The van der Waals surface area contributed by atoms with Crippen LogP contribution in [0.5, 0.6) is 0 Å². The third-order valence-electron chi connectivity index (χ3n) is 5.90. The summed E-state index contributed by atoms with van der Waals surface area (Å²) in [5, 5.41) is 3.78. The molecule has 18 heavy (non-hydrogen) atoms. The predicted molar refractivity (Wildman–Crippen MR) is 76.4 cm³/mol. The molecular weight excluding hydrogens is 220 g/mol. The Morgan fingerprint density at radius 1 is 1.22 bits per heavy atom. The van der Waals surface area contributed by atoms with Crippen LogP contribution in [0.25, 0.3) is 0 Å². The van der Waals surface area contributed by atoms with E-state index < -0.39 is 0 Å². The molecule has 4 aliphatic carbocycles. The smallest absolute Gasteiger partial charge is 0.00509 e. The van der Waals surface area contributed by atoms with E-state index in [2.05, 4.69) is 19.2 Å². The largest absolute Gasteiger partial charge is 0.330 e. The van der Waals surface area contributed by atoms with E-state index in [4.69, 9.17) is 5.73 Å². The molecule has 3 unspecified atom stereocenters. The number of hydrogen-bond acceptors (Lipinski definition) is 2. The first-order chi connectivity index (χ1) is 8.53. The highest BCUT2D eigenvalue weighted by Crippen LogP contribution is 2.64. The van der Waals surface area contributed by atoms with E-state index in [9.17, 15) is 0 Å². The van der Waals surface area contributed by atoms with Gasteiger partial charge in [-0.05, 0) is 81.1 Å². The van der Waals surface area contributed by atoms with E-state index in [0.717, 1.165) is 24.8 Å². The summed E-state index contributed by atoms with van der Waals surface area (Å²) in [7, 11) is 0. The van der Waals surface area contributed by atoms with Gasteiger partial charge in [-0.1, -0.05) is 6.92 Å². The average Bonchev–Trinajstić information content (AvgIpc) is 2.23. The third kappa shape index (κ3) is 2.34. The zero-order chi connectivity index (χ0) is 12.8. The maximum absolute atomic E-state index is 5.65. The van der Waals surface area contributed by atoms with Gasteiger partial charge in [-0.3, -0.25) is 0 Å². The summed E-state index contributed by atoms with van der Waals surface area (Å²) in [4.78, 5) is 0. The Balaban J connectivity index is 1.64. The van der Waals surface area contributed by atoms with Gasteiger partial charge < -0.3 is 11.1 Å².